The predicted octanol–water partition coefficient (Wildman–Crippen LogP) is 23.5. The number of allylic oxidation sites excluding steroid dienone is 4. The van der Waals surface area contributed by atoms with E-state index in [0.717, 1.165) is 107 Å². The molecule has 28 nitrogen and oxygen atoms in total. The molecule has 0 bridgehead atoms. The number of hydrogen-bond donors (Lipinski definition) is 6. The summed E-state index contributed by atoms with van der Waals surface area (Å²) in [6, 6.07) is 36.0. The lowest BCUT2D eigenvalue weighted by atomic mass is 9.87. The number of ketones is 1. The van der Waals surface area contributed by atoms with Crippen molar-refractivity contribution in [1.29, 1.82) is 0 Å². The van der Waals surface area contributed by atoms with Crippen LogP contribution in [0.25, 0.3) is 65.1 Å². The first-order valence-electron chi connectivity index (χ1n) is 42.0. The number of fused-ring (bicyclic) bond motifs is 3. The van der Waals surface area contributed by atoms with Crippen LogP contribution < -0.4 is 31.9 Å². The first-order chi connectivity index (χ1) is 63.8. The number of nitroso groups, excluding NO2 is 1. The van der Waals surface area contributed by atoms with Crippen LogP contribution in [-0.2, 0) is 73.4 Å². The molecule has 6 N–H and O–H groups in total. The van der Waals surface area contributed by atoms with Crippen molar-refractivity contribution in [3.05, 3.63) is 256 Å². The van der Waals surface area contributed by atoms with Crippen molar-refractivity contribution >= 4 is 224 Å². The predicted molar refractivity (Wildman–Crippen MR) is 551 cm³/mol. The van der Waals surface area contributed by atoms with Crippen LogP contribution in [0, 0.1) is 18.8 Å². The van der Waals surface area contributed by atoms with Gasteiger partial charge in [-0.25, -0.2) is 28.8 Å². The van der Waals surface area contributed by atoms with Crippen LogP contribution in [0.1, 0.15) is 194 Å². The third-order valence-corrected chi connectivity index (χ3v) is 25.4. The van der Waals surface area contributed by atoms with E-state index in [2.05, 4.69) is 176 Å². The number of thiophene rings is 4. The quantitative estimate of drug-likeness (QED) is 0.00659. The van der Waals surface area contributed by atoms with E-state index in [-0.39, 0.29) is 72.7 Å². The van der Waals surface area contributed by atoms with Gasteiger partial charge in [-0.2, -0.15) is 0 Å². The topological polar surface area (TPSA) is 365 Å². The molecule has 136 heavy (non-hydrogen) atoms. The number of aryl methyl sites for hydroxylation is 1. The van der Waals surface area contributed by atoms with Crippen molar-refractivity contribution in [3.63, 3.8) is 0 Å². The molecule has 6 aromatic heterocycles. The van der Waals surface area contributed by atoms with Crippen LogP contribution in [0.4, 0.5) is 25.7 Å². The average Bonchev–Trinajstić information content (AvgIpc) is 1.63. The number of furan rings is 2. The molecule has 12 rings (SSSR count). The van der Waals surface area contributed by atoms with E-state index in [9.17, 15) is 57.6 Å². The summed E-state index contributed by atoms with van der Waals surface area (Å²) in [7, 11) is 9.20. The lowest BCUT2D eigenvalue weighted by Gasteiger charge is -2.18. The number of anilines is 4. The number of rotatable bonds is 23. The molecule has 0 spiro atoms. The summed E-state index contributed by atoms with van der Waals surface area (Å²) in [5, 5.41) is 22.6. The van der Waals surface area contributed by atoms with Gasteiger partial charge in [0.25, 0.3) is 23.4 Å². The summed E-state index contributed by atoms with van der Waals surface area (Å²) in [6.07, 6.45) is 4.80. The molecule has 11 aromatic rings. The van der Waals surface area contributed by atoms with Gasteiger partial charge in [-0.15, -0.1) is 45.3 Å². The molecule has 0 saturated carbocycles. The van der Waals surface area contributed by atoms with Gasteiger partial charge in [-0.3, -0.25) is 34.6 Å². The Balaban J connectivity index is 0.000000223. The van der Waals surface area contributed by atoms with Gasteiger partial charge >= 0.3 is 35.8 Å². The number of amides is 4. The third-order valence-electron chi connectivity index (χ3n) is 19.9. The number of hydrogen-bond acceptors (Lipinski definition) is 28. The number of esters is 6. The van der Waals surface area contributed by atoms with E-state index >= 15 is 0 Å². The highest BCUT2D eigenvalue weighted by atomic mass is 79.9. The Morgan fingerprint density at radius 2 is 0.904 bits per heavy atom. The van der Waals surface area contributed by atoms with Gasteiger partial charge in [0.1, 0.15) is 70.9 Å². The molecule has 1 aliphatic heterocycles. The molecule has 1 fully saturated rings. The van der Waals surface area contributed by atoms with Crippen molar-refractivity contribution < 1.29 is 94.8 Å². The van der Waals surface area contributed by atoms with Crippen molar-refractivity contribution in [3.8, 4) is 22.6 Å². The number of benzene rings is 5. The highest BCUT2D eigenvalue weighted by Gasteiger charge is 2.32. The van der Waals surface area contributed by atoms with Crippen molar-refractivity contribution in [2.24, 2.45) is 0 Å². The van der Waals surface area contributed by atoms with Gasteiger partial charge in [-0.1, -0.05) is 136 Å². The summed E-state index contributed by atoms with van der Waals surface area (Å²) in [5.74, 6) is -3.76. The van der Waals surface area contributed by atoms with E-state index in [1.165, 1.54) is 85.5 Å². The summed E-state index contributed by atoms with van der Waals surface area (Å²) in [5.41, 5.74) is 11.3. The fourth-order valence-electron chi connectivity index (χ4n) is 12.8. The number of ether oxygens (including phenoxy) is 6. The molecule has 1 saturated heterocycles. The SMILES string of the molecule is C=C(C)Nc1sc2cc(C(C)(C)C)ccc2c1C(=O)OC.C=C(C)Nc1sc2cc(C(C)(C)C)ccc2c1C(=O)OC.C=C(C)Nc1sc2cc(C(C)(C)C)ccc2c1C(=O)OC.CCN(CC)C(=O)c1sc(NC(=O)/C=C/C(C)=O)c(C(=O)OC)c1C.COC(=O)C(=Cc1ccc(-c2ccc(C)cc2Cl)o1)C(=O)OC.C[N+](=O)c1ccc(-c2ccc(C=C3C(=O)NC(=S)NC3=O)o2)c(Br)c1. The van der Waals surface area contributed by atoms with Gasteiger partial charge in [0.2, 0.25) is 5.91 Å². The van der Waals surface area contributed by atoms with Gasteiger partial charge in [0, 0.05) is 110 Å². The van der Waals surface area contributed by atoms with Crippen molar-refractivity contribution in [1.82, 2.24) is 15.5 Å². The maximum atomic E-state index is 12.6. The highest BCUT2D eigenvalue weighted by Crippen LogP contribution is 2.44. The van der Waals surface area contributed by atoms with E-state index < -0.39 is 35.6 Å². The number of carbonyl (C=O) groups is 11. The second-order valence-corrected chi connectivity index (χ2v) is 39.4. The molecule has 4 amide bonds. The zero-order chi connectivity index (χ0) is 102. The van der Waals surface area contributed by atoms with Crippen LogP contribution in [0.5, 0.6) is 0 Å². The van der Waals surface area contributed by atoms with Gasteiger partial charge in [0.05, 0.1) is 58.1 Å². The van der Waals surface area contributed by atoms with Crippen LogP contribution >= 0.6 is 85.1 Å². The fraction of sp³-hybridized carbons (Fsp3) is 0.287. The number of carbonyl (C=O) groups excluding carboxylic acids is 11. The van der Waals surface area contributed by atoms with E-state index in [1.807, 2.05) is 77.9 Å². The number of thiocarbonyl (C=S) groups is 1. The molecule has 718 valence electrons. The van der Waals surface area contributed by atoms with Crippen LogP contribution in [-0.4, -0.2) is 143 Å². The zero-order valence-corrected chi connectivity index (χ0v) is 86.6. The number of nitrogens with one attached hydrogen (secondary N) is 6. The standard InChI is InChI=1S/C17H15ClO5.C17H22N2O5S.3C17H21NO2S.C16H10BrN3O4S/c1-10-4-6-12(14(18)8-10)15-7-5-11(23-15)9-13(16(19)21-2)17(20)22-3;1-6-19(7-2)16(22)14-11(4)13(17(23)24-5)15(25-14)18-12(21)9-8-10(3)20;3*1-10(2)18-15-14(16(19)20-6)12-8-7-11(17(3,4)5)9-13(12)21-15;1-20(23)8-2-4-10(12(17)6-8)13-5-3-9(24-13)7-11-14(21)18-16(25)19-15(11)22/h4-9H,1-3H3;8-9H,6-7H2,1-5H3,(H,18,21);3*7-9,18H,1H2,2-6H3;2-7H,1H3,(H-,18,19,21,22,25)/p+1/b;9-8+;;;;. The normalized spacial score (nSPS) is 11.6. The van der Waals surface area contributed by atoms with Crippen molar-refractivity contribution in [2.45, 2.75) is 134 Å². The molecular weight excluding hydrogens is 1920 g/mol. The van der Waals surface area contributed by atoms with Gasteiger partial charge < -0.3 is 63.4 Å². The summed E-state index contributed by atoms with van der Waals surface area (Å²) in [4.78, 5) is 144. The number of halogens is 2. The second-order valence-electron chi connectivity index (χ2n) is 33.5. The monoisotopic (exact) mass is 2030 g/mol. The molecular formula is C101H111BrClN8O20S5+. The third kappa shape index (κ3) is 29.0. The van der Waals surface area contributed by atoms with Gasteiger partial charge in [-0.05, 0) is 200 Å². The summed E-state index contributed by atoms with van der Waals surface area (Å²) < 4.78 is 44.6. The maximum absolute atomic E-state index is 12.6. The Labute approximate surface area is 824 Å². The Hall–Kier alpha value is -13.1. The minimum atomic E-state index is -0.803. The van der Waals surface area contributed by atoms with E-state index in [0.29, 0.717) is 78.4 Å². The lowest BCUT2D eigenvalue weighted by molar-refractivity contribution is -0.428. The van der Waals surface area contributed by atoms with E-state index in [1.54, 1.807) is 88.3 Å². The van der Waals surface area contributed by atoms with Gasteiger partial charge in [0.15, 0.2) is 17.9 Å². The fourth-order valence-corrected chi connectivity index (χ4v) is 18.6. The minimum Gasteiger partial charge on any atom is -0.465 e. The highest BCUT2D eigenvalue weighted by molar-refractivity contribution is 9.10. The Bertz CT molecular complexity index is 6270. The summed E-state index contributed by atoms with van der Waals surface area (Å²) in [6.45, 7) is 46.4. The maximum Gasteiger partial charge on any atom is 0.345 e. The molecule has 5 aromatic carbocycles. The molecule has 35 heteroatoms. The summed E-state index contributed by atoms with van der Waals surface area (Å²) >= 11 is 20.0. The molecule has 7 heterocycles. The Morgan fingerprint density at radius 1 is 0.515 bits per heavy atom. The average molecular weight is 2030 g/mol. The smallest absolute Gasteiger partial charge is 0.345 e. The Morgan fingerprint density at radius 3 is 1.27 bits per heavy atom. The van der Waals surface area contributed by atoms with Crippen molar-refractivity contribution in [2.75, 3.05) is 84.1 Å². The zero-order valence-electron chi connectivity index (χ0n) is 80.2. The number of methoxy groups -OCH3 is 6. The Kier molecular flexibility index (Phi) is 39.1. The molecule has 0 aliphatic carbocycles. The molecule has 0 radical (unpaired) electrons. The second kappa shape index (κ2) is 48.4. The van der Waals surface area contributed by atoms with E-state index in [4.69, 9.17) is 51.6 Å². The molecule has 1 aliphatic rings. The largest absolute Gasteiger partial charge is 0.465 e. The number of nitrogens with zero attached hydrogens (tertiary/aromatic N) is 2. The van der Waals surface area contributed by atoms with Crippen LogP contribution in [0.15, 0.2) is 189 Å². The first-order valence-corrected chi connectivity index (χ1v) is 46.8. The van der Waals surface area contributed by atoms with Crippen LogP contribution in [0.2, 0.25) is 5.02 Å². The molecule has 0 unspecified atom stereocenters. The lowest BCUT2D eigenvalue weighted by Crippen LogP contribution is -2.51. The first kappa shape index (κ1) is 110. The van der Waals surface area contributed by atoms with Crippen LogP contribution in [0.3, 0.4) is 0 Å². The minimum absolute atomic E-state index is 0.0281. The molecule has 0 atom stereocenters.